The first kappa shape index (κ1) is 12.5. The highest BCUT2D eigenvalue weighted by molar-refractivity contribution is 5.85. The molecule has 1 aromatic rings. The minimum Gasteiger partial charge on any atom is -0.508 e. The quantitative estimate of drug-likeness (QED) is 0.713. The van der Waals surface area contributed by atoms with Crippen molar-refractivity contribution >= 4 is 5.91 Å². The lowest BCUT2D eigenvalue weighted by Gasteiger charge is -2.30. The van der Waals surface area contributed by atoms with Gasteiger partial charge in [-0.3, -0.25) is 10.1 Å². The maximum atomic E-state index is 11.5. The lowest BCUT2D eigenvalue weighted by Crippen LogP contribution is -2.52. The molecule has 4 nitrogen and oxygen atoms in total. The molecule has 0 aromatic heterocycles. The molecule has 16 heavy (non-hydrogen) atoms. The predicted octanol–water partition coefficient (Wildman–Crippen LogP) is 1.09. The van der Waals surface area contributed by atoms with Gasteiger partial charge in [0.2, 0.25) is 5.91 Å². The smallest absolute Gasteiger partial charge is 0.242 e. The zero-order valence-electron chi connectivity index (χ0n) is 9.82. The average Bonchev–Trinajstić information content (AvgIpc) is 2.16. The number of phenols is 1. The lowest BCUT2D eigenvalue weighted by atomic mass is 9.90. The van der Waals surface area contributed by atoms with Gasteiger partial charge in [-0.25, -0.2) is 0 Å². The lowest BCUT2D eigenvalue weighted by molar-refractivity contribution is -0.124. The van der Waals surface area contributed by atoms with Crippen molar-refractivity contribution in [2.45, 2.75) is 32.4 Å². The van der Waals surface area contributed by atoms with Crippen LogP contribution < -0.4 is 11.1 Å². The summed E-state index contributed by atoms with van der Waals surface area (Å²) < 4.78 is 0. The fraction of sp³-hybridized carbons (Fsp3) is 0.417. The number of aromatic hydroxyl groups is 1. The van der Waals surface area contributed by atoms with Crippen molar-refractivity contribution in [3.05, 3.63) is 29.8 Å². The number of hydrogen-bond donors (Lipinski definition) is 3. The van der Waals surface area contributed by atoms with Gasteiger partial charge in [0, 0.05) is 6.04 Å². The van der Waals surface area contributed by atoms with Gasteiger partial charge in [0.05, 0.1) is 0 Å². The molecule has 4 N–H and O–H groups in total. The number of phenolic OH excluding ortho intramolecular Hbond substituents is 1. The van der Waals surface area contributed by atoms with Crippen molar-refractivity contribution in [3.63, 3.8) is 0 Å². The normalized spacial score (nSPS) is 14.8. The first-order valence-electron chi connectivity index (χ1n) is 5.23. The summed E-state index contributed by atoms with van der Waals surface area (Å²) in [6.45, 7) is 5.58. The van der Waals surface area contributed by atoms with Crippen LogP contribution in [-0.4, -0.2) is 17.1 Å². The molecule has 0 radical (unpaired) electrons. The summed E-state index contributed by atoms with van der Waals surface area (Å²) in [4.78, 5) is 11.5. The molecule has 1 unspecified atom stereocenters. The van der Waals surface area contributed by atoms with E-state index in [1.807, 2.05) is 13.8 Å². The van der Waals surface area contributed by atoms with Crippen molar-refractivity contribution < 1.29 is 9.90 Å². The molecule has 4 heteroatoms. The Kier molecular flexibility index (Phi) is 3.55. The van der Waals surface area contributed by atoms with E-state index in [0.717, 1.165) is 0 Å². The third kappa shape index (κ3) is 2.52. The Bertz CT molecular complexity index is 390. The predicted molar refractivity (Wildman–Crippen MR) is 62.9 cm³/mol. The highest BCUT2D eigenvalue weighted by atomic mass is 16.3. The number of amides is 1. The summed E-state index contributed by atoms with van der Waals surface area (Å²) >= 11 is 0. The summed E-state index contributed by atoms with van der Waals surface area (Å²) in [5, 5.41) is 12.5. The zero-order chi connectivity index (χ0) is 12.3. The Morgan fingerprint density at radius 1 is 1.50 bits per heavy atom. The molecule has 1 aromatic carbocycles. The number of carbonyl (C=O) groups is 1. The van der Waals surface area contributed by atoms with Gasteiger partial charge >= 0.3 is 0 Å². The van der Waals surface area contributed by atoms with Crippen LogP contribution in [0.3, 0.4) is 0 Å². The number of benzene rings is 1. The minimum atomic E-state index is -0.965. The fourth-order valence-corrected chi connectivity index (χ4v) is 1.69. The molecule has 0 saturated heterocycles. The van der Waals surface area contributed by atoms with Crippen molar-refractivity contribution in [2.75, 3.05) is 0 Å². The molecule has 0 bridgehead atoms. The monoisotopic (exact) mass is 222 g/mol. The average molecular weight is 222 g/mol. The summed E-state index contributed by atoms with van der Waals surface area (Å²) in [5.41, 5.74) is 5.11. The van der Waals surface area contributed by atoms with Gasteiger partial charge < -0.3 is 10.8 Å². The van der Waals surface area contributed by atoms with Gasteiger partial charge in [-0.1, -0.05) is 12.1 Å². The molecular weight excluding hydrogens is 204 g/mol. The van der Waals surface area contributed by atoms with E-state index < -0.39 is 11.4 Å². The Balaban J connectivity index is 3.16. The number of nitrogens with one attached hydrogen (secondary N) is 1. The standard InChI is InChI=1S/C12H18N2O2/c1-8(2)14-12(3,11(13)16)9-5-4-6-10(15)7-9/h4-8,14-15H,1-3H3,(H2,13,16). The number of rotatable bonds is 4. The minimum absolute atomic E-state index is 0.111. The maximum absolute atomic E-state index is 11.5. The van der Waals surface area contributed by atoms with Crippen molar-refractivity contribution in [1.29, 1.82) is 0 Å². The number of nitrogens with two attached hydrogens (primary N) is 1. The van der Waals surface area contributed by atoms with Crippen LogP contribution >= 0.6 is 0 Å². The molecule has 0 saturated carbocycles. The summed E-state index contributed by atoms with van der Waals surface area (Å²) in [5.74, 6) is -0.345. The molecular formula is C12H18N2O2. The van der Waals surface area contributed by atoms with Crippen LogP contribution in [0.5, 0.6) is 5.75 Å². The third-order valence-corrected chi connectivity index (χ3v) is 2.49. The number of carbonyl (C=O) groups excluding carboxylic acids is 1. The zero-order valence-corrected chi connectivity index (χ0v) is 9.82. The van der Waals surface area contributed by atoms with E-state index in [0.29, 0.717) is 5.56 Å². The topological polar surface area (TPSA) is 75.3 Å². The van der Waals surface area contributed by atoms with E-state index in [9.17, 15) is 9.90 Å². The summed E-state index contributed by atoms with van der Waals surface area (Å²) in [7, 11) is 0. The van der Waals surface area contributed by atoms with Crippen LogP contribution in [0.4, 0.5) is 0 Å². The van der Waals surface area contributed by atoms with E-state index >= 15 is 0 Å². The first-order valence-corrected chi connectivity index (χ1v) is 5.23. The third-order valence-electron chi connectivity index (χ3n) is 2.49. The molecule has 0 aliphatic heterocycles. The molecule has 0 aliphatic rings. The van der Waals surface area contributed by atoms with Crippen molar-refractivity contribution in [3.8, 4) is 5.75 Å². The Morgan fingerprint density at radius 3 is 2.56 bits per heavy atom. The SMILES string of the molecule is CC(C)NC(C)(C(N)=O)c1cccc(O)c1. The van der Waals surface area contributed by atoms with Gasteiger partial charge in [0.1, 0.15) is 11.3 Å². The number of primary amides is 1. The molecule has 0 aliphatic carbocycles. The molecule has 1 atom stereocenters. The number of hydrogen-bond acceptors (Lipinski definition) is 3. The largest absolute Gasteiger partial charge is 0.508 e. The van der Waals surface area contributed by atoms with E-state index in [2.05, 4.69) is 5.32 Å². The second kappa shape index (κ2) is 4.53. The van der Waals surface area contributed by atoms with Crippen LogP contribution in [0.2, 0.25) is 0 Å². The Morgan fingerprint density at radius 2 is 2.12 bits per heavy atom. The Hall–Kier alpha value is -1.55. The molecule has 0 fully saturated rings. The van der Waals surface area contributed by atoms with Gasteiger partial charge in [-0.15, -0.1) is 0 Å². The fourth-order valence-electron chi connectivity index (χ4n) is 1.69. The molecule has 1 rings (SSSR count). The molecule has 0 heterocycles. The van der Waals surface area contributed by atoms with E-state index in [1.54, 1.807) is 31.2 Å². The van der Waals surface area contributed by atoms with Crippen molar-refractivity contribution in [1.82, 2.24) is 5.32 Å². The highest BCUT2D eigenvalue weighted by Crippen LogP contribution is 2.24. The van der Waals surface area contributed by atoms with E-state index in [-0.39, 0.29) is 11.8 Å². The van der Waals surface area contributed by atoms with Gasteiger partial charge in [0.15, 0.2) is 0 Å². The highest BCUT2D eigenvalue weighted by Gasteiger charge is 2.33. The summed E-state index contributed by atoms with van der Waals surface area (Å²) in [6.07, 6.45) is 0. The van der Waals surface area contributed by atoms with E-state index in [1.165, 1.54) is 0 Å². The molecule has 0 spiro atoms. The molecule has 1 amide bonds. The van der Waals surface area contributed by atoms with Crippen molar-refractivity contribution in [2.24, 2.45) is 5.73 Å². The van der Waals surface area contributed by atoms with Gasteiger partial charge in [0.25, 0.3) is 0 Å². The van der Waals surface area contributed by atoms with Crippen LogP contribution in [0.25, 0.3) is 0 Å². The maximum Gasteiger partial charge on any atom is 0.242 e. The second-order valence-corrected chi connectivity index (χ2v) is 4.34. The van der Waals surface area contributed by atoms with Crippen LogP contribution in [0.1, 0.15) is 26.3 Å². The molecule has 88 valence electrons. The van der Waals surface area contributed by atoms with Crippen LogP contribution in [0.15, 0.2) is 24.3 Å². The van der Waals surface area contributed by atoms with Gasteiger partial charge in [-0.2, -0.15) is 0 Å². The van der Waals surface area contributed by atoms with Crippen LogP contribution in [-0.2, 0) is 10.3 Å². The second-order valence-electron chi connectivity index (χ2n) is 4.34. The Labute approximate surface area is 95.5 Å². The first-order chi connectivity index (χ1) is 7.36. The summed E-state index contributed by atoms with van der Waals surface area (Å²) in [6, 6.07) is 6.66. The van der Waals surface area contributed by atoms with Gasteiger partial charge in [-0.05, 0) is 38.5 Å². The van der Waals surface area contributed by atoms with E-state index in [4.69, 9.17) is 5.73 Å². The van der Waals surface area contributed by atoms with Crippen LogP contribution in [0, 0.1) is 0 Å².